The zero-order valence-electron chi connectivity index (χ0n) is 11.2. The third-order valence-corrected chi connectivity index (χ3v) is 4.02. The molecule has 1 heterocycles. The first-order valence-corrected chi connectivity index (χ1v) is 6.73. The minimum atomic E-state index is 0. The molecule has 5 heteroatoms. The van der Waals surface area contributed by atoms with Crippen LogP contribution in [0, 0.1) is 0 Å². The Kier molecular flexibility index (Phi) is 6.11. The molecular formula is C14H20Cl2N2O. The Hall–Kier alpha value is -0.770. The highest BCUT2D eigenvalue weighted by Gasteiger charge is 2.27. The number of halogens is 2. The van der Waals surface area contributed by atoms with Gasteiger partial charge in [-0.05, 0) is 25.5 Å². The van der Waals surface area contributed by atoms with Crippen LogP contribution in [0.2, 0.25) is 5.02 Å². The van der Waals surface area contributed by atoms with Gasteiger partial charge in [0.1, 0.15) is 0 Å². The first-order valence-electron chi connectivity index (χ1n) is 6.36. The zero-order chi connectivity index (χ0) is 13.1. The van der Waals surface area contributed by atoms with Gasteiger partial charge in [-0.25, -0.2) is 0 Å². The van der Waals surface area contributed by atoms with E-state index in [0.717, 1.165) is 18.7 Å². The molecule has 1 N–H and O–H groups in total. The number of carbonyl (C=O) groups is 1. The van der Waals surface area contributed by atoms with Gasteiger partial charge in [0.15, 0.2) is 0 Å². The Morgan fingerprint density at radius 2 is 2.11 bits per heavy atom. The number of hydrogen-bond donors (Lipinski definition) is 1. The van der Waals surface area contributed by atoms with Crippen molar-refractivity contribution >= 4 is 29.9 Å². The lowest BCUT2D eigenvalue weighted by atomic mass is 10.1. The number of benzene rings is 1. The lowest BCUT2D eigenvalue weighted by molar-refractivity contribution is -0.134. The second kappa shape index (κ2) is 7.13. The Morgan fingerprint density at radius 3 is 2.79 bits per heavy atom. The van der Waals surface area contributed by atoms with Crippen LogP contribution < -0.4 is 5.32 Å². The maximum Gasteiger partial charge on any atom is 0.227 e. The summed E-state index contributed by atoms with van der Waals surface area (Å²) in [5, 5.41) is 4.04. The van der Waals surface area contributed by atoms with Crippen molar-refractivity contribution in [3.05, 3.63) is 34.9 Å². The molecule has 0 aliphatic carbocycles. The molecule has 3 nitrogen and oxygen atoms in total. The van der Waals surface area contributed by atoms with Crippen LogP contribution in [0.15, 0.2) is 24.3 Å². The Bertz CT molecular complexity index is 439. The summed E-state index contributed by atoms with van der Waals surface area (Å²) in [6.07, 6.45) is 0.386. The molecule has 0 bridgehead atoms. The van der Waals surface area contributed by atoms with E-state index in [4.69, 9.17) is 11.6 Å². The van der Waals surface area contributed by atoms with Gasteiger partial charge in [-0.1, -0.05) is 29.8 Å². The highest BCUT2D eigenvalue weighted by Crippen LogP contribution is 2.18. The summed E-state index contributed by atoms with van der Waals surface area (Å²) in [4.78, 5) is 14.3. The van der Waals surface area contributed by atoms with Crippen molar-refractivity contribution < 1.29 is 4.79 Å². The average molecular weight is 303 g/mol. The smallest absolute Gasteiger partial charge is 0.227 e. The normalized spacial score (nSPS) is 22.8. The summed E-state index contributed by atoms with van der Waals surface area (Å²) in [6, 6.07) is 8.11. The fraction of sp³-hybridized carbons (Fsp3) is 0.500. The highest BCUT2D eigenvalue weighted by atomic mass is 35.5. The van der Waals surface area contributed by atoms with Crippen molar-refractivity contribution in [2.75, 3.05) is 13.1 Å². The van der Waals surface area contributed by atoms with Gasteiger partial charge in [0.2, 0.25) is 5.91 Å². The molecule has 0 radical (unpaired) electrons. The molecule has 1 aliphatic rings. The fourth-order valence-corrected chi connectivity index (χ4v) is 2.52. The predicted molar refractivity (Wildman–Crippen MR) is 81.0 cm³/mol. The topological polar surface area (TPSA) is 32.3 Å². The summed E-state index contributed by atoms with van der Waals surface area (Å²) in [5.74, 6) is 0.156. The summed E-state index contributed by atoms with van der Waals surface area (Å²) in [7, 11) is 0. The van der Waals surface area contributed by atoms with Gasteiger partial charge in [-0.15, -0.1) is 12.4 Å². The van der Waals surface area contributed by atoms with Crippen molar-refractivity contribution in [3.63, 3.8) is 0 Å². The number of rotatable bonds is 2. The number of nitrogens with one attached hydrogen (secondary N) is 1. The minimum Gasteiger partial charge on any atom is -0.337 e. The van der Waals surface area contributed by atoms with Crippen LogP contribution in [-0.4, -0.2) is 36.0 Å². The van der Waals surface area contributed by atoms with Gasteiger partial charge in [0, 0.05) is 30.2 Å². The number of nitrogens with zero attached hydrogens (tertiary/aromatic N) is 1. The number of piperazine rings is 1. The van der Waals surface area contributed by atoms with E-state index >= 15 is 0 Å². The molecule has 2 atom stereocenters. The van der Waals surface area contributed by atoms with E-state index in [2.05, 4.69) is 19.2 Å². The monoisotopic (exact) mass is 302 g/mol. The van der Waals surface area contributed by atoms with Crippen LogP contribution in [-0.2, 0) is 11.2 Å². The molecular weight excluding hydrogens is 283 g/mol. The molecule has 1 aromatic carbocycles. The molecule has 106 valence electrons. The van der Waals surface area contributed by atoms with E-state index in [0.29, 0.717) is 17.5 Å². The summed E-state index contributed by atoms with van der Waals surface area (Å²) in [6.45, 7) is 5.83. The highest BCUT2D eigenvalue weighted by molar-refractivity contribution is 6.31. The average Bonchev–Trinajstić information content (AvgIpc) is 2.35. The molecule has 2 unspecified atom stereocenters. The second-order valence-corrected chi connectivity index (χ2v) is 5.25. The quantitative estimate of drug-likeness (QED) is 0.910. The molecule has 2 rings (SSSR count). The van der Waals surface area contributed by atoms with E-state index in [1.807, 2.05) is 29.2 Å². The predicted octanol–water partition coefficient (Wildman–Crippen LogP) is 2.51. The van der Waals surface area contributed by atoms with E-state index < -0.39 is 0 Å². The summed E-state index contributed by atoms with van der Waals surface area (Å²) in [5.41, 5.74) is 0.905. The van der Waals surface area contributed by atoms with Gasteiger partial charge < -0.3 is 10.2 Å². The van der Waals surface area contributed by atoms with Gasteiger partial charge in [-0.3, -0.25) is 4.79 Å². The lowest BCUT2D eigenvalue weighted by Crippen LogP contribution is -2.57. The molecule has 19 heavy (non-hydrogen) atoms. The van der Waals surface area contributed by atoms with Crippen molar-refractivity contribution in [2.45, 2.75) is 32.4 Å². The number of amides is 1. The standard InChI is InChI=1S/C14H19ClN2O.ClH/c1-10-11(2)17(8-7-16-10)14(18)9-12-5-3-4-6-13(12)15;/h3-6,10-11,16H,7-9H2,1-2H3;1H. The SMILES string of the molecule is CC1NCCN(C(=O)Cc2ccccc2Cl)C1C.Cl. The van der Waals surface area contributed by atoms with Gasteiger partial charge in [-0.2, -0.15) is 0 Å². The van der Waals surface area contributed by atoms with Crippen LogP contribution in [0.5, 0.6) is 0 Å². The lowest BCUT2D eigenvalue weighted by Gasteiger charge is -2.38. The molecule has 1 aromatic rings. The van der Waals surface area contributed by atoms with E-state index in [-0.39, 0.29) is 24.4 Å². The van der Waals surface area contributed by atoms with Crippen LogP contribution in [0.25, 0.3) is 0 Å². The van der Waals surface area contributed by atoms with Crippen molar-refractivity contribution in [2.24, 2.45) is 0 Å². The zero-order valence-corrected chi connectivity index (χ0v) is 12.8. The first-order chi connectivity index (χ1) is 8.59. The molecule has 1 aliphatic heterocycles. The van der Waals surface area contributed by atoms with Crippen LogP contribution in [0.4, 0.5) is 0 Å². The maximum absolute atomic E-state index is 12.3. The molecule has 0 saturated carbocycles. The second-order valence-electron chi connectivity index (χ2n) is 4.84. The third kappa shape index (κ3) is 3.85. The summed E-state index contributed by atoms with van der Waals surface area (Å²) >= 11 is 6.09. The van der Waals surface area contributed by atoms with Gasteiger partial charge in [0.25, 0.3) is 0 Å². The fourth-order valence-electron chi connectivity index (χ4n) is 2.31. The van der Waals surface area contributed by atoms with Gasteiger partial charge >= 0.3 is 0 Å². The van der Waals surface area contributed by atoms with Crippen molar-refractivity contribution in [1.82, 2.24) is 10.2 Å². The van der Waals surface area contributed by atoms with Crippen molar-refractivity contribution in [1.29, 1.82) is 0 Å². The van der Waals surface area contributed by atoms with Crippen molar-refractivity contribution in [3.8, 4) is 0 Å². The van der Waals surface area contributed by atoms with E-state index in [1.54, 1.807) is 0 Å². The van der Waals surface area contributed by atoms with Gasteiger partial charge in [0.05, 0.1) is 6.42 Å². The van der Waals surface area contributed by atoms with E-state index in [9.17, 15) is 4.79 Å². The number of carbonyl (C=O) groups excluding carboxylic acids is 1. The largest absolute Gasteiger partial charge is 0.337 e. The van der Waals surface area contributed by atoms with Crippen LogP contribution in [0.1, 0.15) is 19.4 Å². The molecule has 0 spiro atoms. The minimum absolute atomic E-state index is 0. The number of hydrogen-bond acceptors (Lipinski definition) is 2. The van der Waals surface area contributed by atoms with Crippen LogP contribution in [0.3, 0.4) is 0 Å². The van der Waals surface area contributed by atoms with Crippen LogP contribution >= 0.6 is 24.0 Å². The Morgan fingerprint density at radius 1 is 1.42 bits per heavy atom. The molecule has 1 fully saturated rings. The Balaban J connectivity index is 0.00000180. The molecule has 1 amide bonds. The third-order valence-electron chi connectivity index (χ3n) is 3.65. The molecule has 0 aromatic heterocycles. The van der Waals surface area contributed by atoms with E-state index in [1.165, 1.54) is 0 Å². The first kappa shape index (κ1) is 16.3. The summed E-state index contributed by atoms with van der Waals surface area (Å²) < 4.78 is 0. The maximum atomic E-state index is 12.3. The molecule has 1 saturated heterocycles. The Labute approximate surface area is 125 Å².